The van der Waals surface area contributed by atoms with Gasteiger partial charge < -0.3 is 14.9 Å². The SMILES string of the molecule is C=C1C(=O)O[C@@H]2C[C@@]3(C)[C@H](O)CCC(=C)[C@]3(O)C[C@H]12. The molecular weight excluding hydrogens is 244 g/mol. The van der Waals surface area contributed by atoms with E-state index in [9.17, 15) is 15.0 Å². The lowest BCUT2D eigenvalue weighted by Gasteiger charge is -2.57. The highest BCUT2D eigenvalue weighted by atomic mass is 16.6. The molecule has 0 bridgehead atoms. The summed E-state index contributed by atoms with van der Waals surface area (Å²) in [6, 6.07) is 0. The van der Waals surface area contributed by atoms with E-state index in [0.29, 0.717) is 31.3 Å². The zero-order chi connectivity index (χ0) is 14.0. The first kappa shape index (κ1) is 12.9. The minimum atomic E-state index is -1.14. The second-order valence-electron chi connectivity index (χ2n) is 6.42. The monoisotopic (exact) mass is 264 g/mol. The molecule has 4 heteroatoms. The van der Waals surface area contributed by atoms with Crippen LogP contribution in [0.2, 0.25) is 0 Å². The highest BCUT2D eigenvalue weighted by Gasteiger charge is 2.63. The van der Waals surface area contributed by atoms with E-state index >= 15 is 0 Å². The molecule has 2 saturated carbocycles. The number of aliphatic hydroxyl groups excluding tert-OH is 1. The maximum atomic E-state index is 11.6. The van der Waals surface area contributed by atoms with Crippen molar-refractivity contribution >= 4 is 5.97 Å². The van der Waals surface area contributed by atoms with Crippen LogP contribution in [0.15, 0.2) is 24.3 Å². The fourth-order valence-electron chi connectivity index (χ4n) is 4.04. The molecule has 0 unspecified atom stereocenters. The van der Waals surface area contributed by atoms with Crippen molar-refractivity contribution in [3.8, 4) is 0 Å². The van der Waals surface area contributed by atoms with Gasteiger partial charge in [0.2, 0.25) is 0 Å². The van der Waals surface area contributed by atoms with Gasteiger partial charge in [0.05, 0.1) is 11.7 Å². The molecule has 3 fully saturated rings. The molecule has 1 heterocycles. The van der Waals surface area contributed by atoms with Crippen LogP contribution in [0.5, 0.6) is 0 Å². The number of ether oxygens (including phenoxy) is 1. The van der Waals surface area contributed by atoms with Crippen LogP contribution in [0, 0.1) is 11.3 Å². The average Bonchev–Trinajstić information content (AvgIpc) is 2.61. The van der Waals surface area contributed by atoms with Gasteiger partial charge in [-0.25, -0.2) is 4.79 Å². The Balaban J connectivity index is 2.03. The zero-order valence-electron chi connectivity index (χ0n) is 11.2. The Morgan fingerprint density at radius 1 is 1.37 bits per heavy atom. The van der Waals surface area contributed by atoms with Crippen LogP contribution in [-0.2, 0) is 9.53 Å². The number of hydrogen-bond donors (Lipinski definition) is 2. The Bertz CT molecular complexity index is 483. The van der Waals surface area contributed by atoms with Crippen molar-refractivity contribution in [2.75, 3.05) is 0 Å². The van der Waals surface area contributed by atoms with Crippen molar-refractivity contribution in [3.63, 3.8) is 0 Å². The van der Waals surface area contributed by atoms with Crippen molar-refractivity contribution in [2.45, 2.75) is 50.4 Å². The van der Waals surface area contributed by atoms with Gasteiger partial charge in [-0.05, 0) is 31.3 Å². The number of hydrogen-bond acceptors (Lipinski definition) is 4. The quantitative estimate of drug-likeness (QED) is 0.393. The van der Waals surface area contributed by atoms with E-state index < -0.39 is 17.1 Å². The molecule has 2 aliphatic carbocycles. The lowest BCUT2D eigenvalue weighted by Crippen LogP contribution is -2.62. The standard InChI is InChI=1S/C15H20O4/c1-8-4-5-12(16)14(3)7-11-10(6-15(8,14)18)9(2)13(17)19-11/h10-12,16,18H,1-2,4-7H2,3H3/t10-,11-,12-,14+,15-/m1/s1. The number of esters is 1. The summed E-state index contributed by atoms with van der Waals surface area (Å²) < 4.78 is 5.33. The van der Waals surface area contributed by atoms with Crippen LogP contribution in [0.1, 0.15) is 32.6 Å². The largest absolute Gasteiger partial charge is 0.458 e. The molecule has 0 spiro atoms. The maximum Gasteiger partial charge on any atom is 0.334 e. The summed E-state index contributed by atoms with van der Waals surface area (Å²) in [7, 11) is 0. The summed E-state index contributed by atoms with van der Waals surface area (Å²) in [5.41, 5.74) is -0.642. The smallest absolute Gasteiger partial charge is 0.334 e. The van der Waals surface area contributed by atoms with Crippen molar-refractivity contribution in [3.05, 3.63) is 24.3 Å². The molecule has 4 nitrogen and oxygen atoms in total. The molecule has 0 amide bonds. The first-order valence-corrected chi connectivity index (χ1v) is 6.78. The topological polar surface area (TPSA) is 66.8 Å². The molecule has 0 aromatic heterocycles. The third kappa shape index (κ3) is 1.44. The molecule has 3 aliphatic rings. The summed E-state index contributed by atoms with van der Waals surface area (Å²) in [5, 5.41) is 21.4. The highest BCUT2D eigenvalue weighted by Crippen LogP contribution is 2.58. The molecule has 0 radical (unpaired) electrons. The first-order chi connectivity index (χ1) is 8.79. The van der Waals surface area contributed by atoms with Gasteiger partial charge in [0, 0.05) is 16.9 Å². The first-order valence-electron chi connectivity index (χ1n) is 6.78. The molecule has 3 rings (SSSR count). The molecule has 2 N–H and O–H groups in total. The number of aliphatic hydroxyl groups is 2. The molecule has 104 valence electrons. The Labute approximate surface area is 112 Å². The summed E-state index contributed by atoms with van der Waals surface area (Å²) in [6.45, 7) is 9.64. The van der Waals surface area contributed by atoms with E-state index in [-0.39, 0.29) is 18.0 Å². The van der Waals surface area contributed by atoms with Crippen LogP contribution in [0.25, 0.3) is 0 Å². The highest BCUT2D eigenvalue weighted by molar-refractivity contribution is 5.91. The van der Waals surface area contributed by atoms with Crippen LogP contribution < -0.4 is 0 Å². The fourth-order valence-corrected chi connectivity index (χ4v) is 4.04. The van der Waals surface area contributed by atoms with Gasteiger partial charge >= 0.3 is 5.97 Å². The molecule has 1 aliphatic heterocycles. The minimum absolute atomic E-state index is 0.160. The van der Waals surface area contributed by atoms with Crippen molar-refractivity contribution < 1.29 is 19.7 Å². The summed E-state index contributed by atoms with van der Waals surface area (Å²) >= 11 is 0. The van der Waals surface area contributed by atoms with E-state index in [1.165, 1.54) is 0 Å². The summed E-state index contributed by atoms with van der Waals surface area (Å²) in [4.78, 5) is 11.6. The van der Waals surface area contributed by atoms with Crippen LogP contribution in [-0.4, -0.2) is 34.0 Å². The third-order valence-corrected chi connectivity index (χ3v) is 5.54. The van der Waals surface area contributed by atoms with Gasteiger partial charge in [-0.3, -0.25) is 0 Å². The van der Waals surface area contributed by atoms with Gasteiger partial charge in [0.15, 0.2) is 0 Å². The normalized spacial score (nSPS) is 49.6. The number of carbonyl (C=O) groups excluding carboxylic acids is 1. The van der Waals surface area contributed by atoms with E-state index in [1.807, 2.05) is 6.92 Å². The Hall–Kier alpha value is -1.13. The predicted molar refractivity (Wildman–Crippen MR) is 69.2 cm³/mol. The van der Waals surface area contributed by atoms with Gasteiger partial charge in [-0.1, -0.05) is 20.1 Å². The molecule has 0 aromatic carbocycles. The molecule has 19 heavy (non-hydrogen) atoms. The Morgan fingerprint density at radius 2 is 2.05 bits per heavy atom. The number of carbonyl (C=O) groups is 1. The zero-order valence-corrected chi connectivity index (χ0v) is 11.2. The van der Waals surface area contributed by atoms with Gasteiger partial charge in [-0.2, -0.15) is 0 Å². The summed E-state index contributed by atoms with van der Waals surface area (Å²) in [6.07, 6.45) is 1.17. The molecular formula is C15H20O4. The molecule has 5 atom stereocenters. The van der Waals surface area contributed by atoms with Crippen molar-refractivity contribution in [1.29, 1.82) is 0 Å². The number of fused-ring (bicyclic) bond motifs is 2. The van der Waals surface area contributed by atoms with Gasteiger partial charge in [0.25, 0.3) is 0 Å². The van der Waals surface area contributed by atoms with Crippen LogP contribution >= 0.6 is 0 Å². The predicted octanol–water partition coefficient (Wildman–Crippen LogP) is 1.33. The van der Waals surface area contributed by atoms with Crippen LogP contribution in [0.3, 0.4) is 0 Å². The lowest BCUT2D eigenvalue weighted by molar-refractivity contribution is -0.186. The average molecular weight is 264 g/mol. The molecule has 0 aromatic rings. The van der Waals surface area contributed by atoms with Gasteiger partial charge in [0.1, 0.15) is 6.10 Å². The second kappa shape index (κ2) is 3.70. The van der Waals surface area contributed by atoms with Crippen molar-refractivity contribution in [2.24, 2.45) is 11.3 Å². The maximum absolute atomic E-state index is 11.6. The van der Waals surface area contributed by atoms with E-state index in [1.54, 1.807) is 0 Å². The van der Waals surface area contributed by atoms with E-state index in [2.05, 4.69) is 13.2 Å². The van der Waals surface area contributed by atoms with Crippen molar-refractivity contribution in [1.82, 2.24) is 0 Å². The Kier molecular flexibility index (Phi) is 2.51. The number of rotatable bonds is 0. The Morgan fingerprint density at radius 3 is 2.74 bits per heavy atom. The lowest BCUT2D eigenvalue weighted by atomic mass is 9.52. The van der Waals surface area contributed by atoms with Crippen LogP contribution in [0.4, 0.5) is 0 Å². The van der Waals surface area contributed by atoms with Gasteiger partial charge in [-0.15, -0.1) is 0 Å². The third-order valence-electron chi connectivity index (χ3n) is 5.54. The van der Waals surface area contributed by atoms with E-state index in [4.69, 9.17) is 4.74 Å². The van der Waals surface area contributed by atoms with E-state index in [0.717, 1.165) is 5.57 Å². The fraction of sp³-hybridized carbons (Fsp3) is 0.667. The second-order valence-corrected chi connectivity index (χ2v) is 6.42. The summed E-state index contributed by atoms with van der Waals surface area (Å²) in [5.74, 6) is -0.534. The molecule has 1 saturated heterocycles. The minimum Gasteiger partial charge on any atom is -0.458 e.